The summed E-state index contributed by atoms with van der Waals surface area (Å²) in [5.41, 5.74) is 0. The van der Waals surface area contributed by atoms with Gasteiger partial charge in [0.1, 0.15) is 0 Å². The van der Waals surface area contributed by atoms with E-state index in [1.165, 1.54) is 231 Å². The molecule has 0 bridgehead atoms. The molecule has 0 fully saturated rings. The summed E-state index contributed by atoms with van der Waals surface area (Å²) in [7, 11) is -1.14. The van der Waals surface area contributed by atoms with Crippen LogP contribution in [0.5, 0.6) is 0 Å². The fourth-order valence-corrected chi connectivity index (χ4v) is 14.2. The lowest BCUT2D eigenvalue weighted by Gasteiger charge is -2.33. The Hall–Kier alpha value is 0.217. The summed E-state index contributed by atoms with van der Waals surface area (Å²) in [5, 5.41) is 0. The Morgan fingerprint density at radius 3 is 0.449 bits per heavy atom. The summed E-state index contributed by atoms with van der Waals surface area (Å²) in [5.74, 6) is 0. The van der Waals surface area contributed by atoms with Crippen molar-refractivity contribution in [1.82, 2.24) is 0 Å². The van der Waals surface area contributed by atoms with E-state index in [0.717, 1.165) is 0 Å². The highest BCUT2D eigenvalue weighted by atomic mass is 28.3. The third-order valence-corrected chi connectivity index (χ3v) is 17.9. The van der Waals surface area contributed by atoms with Gasteiger partial charge in [0, 0.05) is 0 Å². The minimum absolute atomic E-state index is 1.14. The molecule has 0 spiro atoms. The van der Waals surface area contributed by atoms with Gasteiger partial charge in [-0.3, -0.25) is 0 Å². The number of unbranched alkanes of at least 4 members (excludes halogenated alkanes) is 36. The summed E-state index contributed by atoms with van der Waals surface area (Å²) in [6.45, 7) is 9.39. The van der Waals surface area contributed by atoms with Gasteiger partial charge in [-0.25, -0.2) is 0 Å². The molecule has 0 saturated carbocycles. The molecule has 0 amide bonds. The van der Waals surface area contributed by atoms with Gasteiger partial charge in [0.25, 0.3) is 0 Å². The Morgan fingerprint density at radius 2 is 0.286 bits per heavy atom. The van der Waals surface area contributed by atoms with Crippen molar-refractivity contribution in [2.75, 3.05) is 0 Å². The lowest BCUT2D eigenvalue weighted by atomic mass is 10.1. The minimum Gasteiger partial charge on any atom is -0.0654 e. The number of hydrogen-bond donors (Lipinski definition) is 0. The van der Waals surface area contributed by atoms with Gasteiger partial charge in [-0.15, -0.1) is 0 Å². The zero-order valence-electron chi connectivity index (χ0n) is 35.6. The fraction of sp³-hybridized carbons (Fsp3) is 1.00. The third-order valence-electron chi connectivity index (χ3n) is 12.2. The largest absolute Gasteiger partial charge is 0.0654 e. The van der Waals surface area contributed by atoms with Gasteiger partial charge in [0.2, 0.25) is 0 Å². The van der Waals surface area contributed by atoms with Crippen LogP contribution in [-0.2, 0) is 0 Å². The molecule has 0 radical (unpaired) electrons. The van der Waals surface area contributed by atoms with Crippen molar-refractivity contribution < 1.29 is 0 Å². The Kier molecular flexibility index (Phi) is 42.8. The Balaban J connectivity index is 4.63. The van der Waals surface area contributed by atoms with Crippen molar-refractivity contribution in [2.24, 2.45) is 0 Å². The highest BCUT2D eigenvalue weighted by Gasteiger charge is 2.30. The van der Waals surface area contributed by atoms with E-state index in [2.05, 4.69) is 27.7 Å². The summed E-state index contributed by atoms with van der Waals surface area (Å²) < 4.78 is 0. The van der Waals surface area contributed by atoms with Gasteiger partial charge in [-0.2, -0.15) is 0 Å². The molecule has 0 aromatic heterocycles. The second-order valence-corrected chi connectivity index (χ2v) is 22.2. The lowest BCUT2D eigenvalue weighted by Crippen LogP contribution is -2.34. The van der Waals surface area contributed by atoms with Crippen molar-refractivity contribution in [2.45, 2.75) is 309 Å². The molecule has 0 aliphatic rings. The first-order valence-electron chi connectivity index (χ1n) is 24.2. The SMILES string of the molecule is CCCCCCCCCCCCCC[Si](CCCCCC)(CCCCCCCCCCCCCC)CCCCCCCCCCCCCC. The van der Waals surface area contributed by atoms with Crippen LogP contribution >= 0.6 is 0 Å². The zero-order valence-corrected chi connectivity index (χ0v) is 36.6. The van der Waals surface area contributed by atoms with Crippen molar-refractivity contribution in [3.8, 4) is 0 Å². The van der Waals surface area contributed by atoms with Crippen LogP contribution in [-0.4, -0.2) is 8.07 Å². The van der Waals surface area contributed by atoms with Crippen molar-refractivity contribution in [1.29, 1.82) is 0 Å². The number of rotatable bonds is 44. The highest BCUT2D eigenvalue weighted by molar-refractivity contribution is 6.79. The van der Waals surface area contributed by atoms with E-state index in [1.807, 2.05) is 0 Å². The van der Waals surface area contributed by atoms with Gasteiger partial charge in [0.05, 0.1) is 8.07 Å². The van der Waals surface area contributed by atoms with Crippen LogP contribution in [0.2, 0.25) is 24.2 Å². The smallest absolute Gasteiger partial charge is 0.0535 e. The topological polar surface area (TPSA) is 0 Å². The Labute approximate surface area is 315 Å². The van der Waals surface area contributed by atoms with E-state index in [-0.39, 0.29) is 0 Å². The molecule has 0 aliphatic heterocycles. The van der Waals surface area contributed by atoms with Crippen LogP contribution < -0.4 is 0 Å². The summed E-state index contributed by atoms with van der Waals surface area (Å²) in [6, 6.07) is 6.74. The van der Waals surface area contributed by atoms with E-state index in [1.54, 1.807) is 49.9 Å². The van der Waals surface area contributed by atoms with E-state index in [0.29, 0.717) is 0 Å². The molecule has 0 rings (SSSR count). The average Bonchev–Trinajstić information content (AvgIpc) is 3.11. The van der Waals surface area contributed by atoms with Crippen LogP contribution in [0.15, 0.2) is 0 Å². The van der Waals surface area contributed by atoms with Gasteiger partial charge < -0.3 is 0 Å². The summed E-state index contributed by atoms with van der Waals surface area (Å²) in [6.07, 6.45) is 59.7. The van der Waals surface area contributed by atoms with Gasteiger partial charge >= 0.3 is 0 Å². The molecule has 0 aromatic rings. The van der Waals surface area contributed by atoms with Gasteiger partial charge in [-0.1, -0.05) is 309 Å². The van der Waals surface area contributed by atoms with E-state index in [9.17, 15) is 0 Å². The number of hydrogen-bond acceptors (Lipinski definition) is 0. The van der Waals surface area contributed by atoms with Crippen molar-refractivity contribution in [3.05, 3.63) is 0 Å². The Morgan fingerprint density at radius 1 is 0.163 bits per heavy atom. The molecule has 0 aromatic carbocycles. The maximum atomic E-state index is 2.40. The van der Waals surface area contributed by atoms with E-state index < -0.39 is 8.07 Å². The zero-order chi connectivity index (χ0) is 35.6. The molecular weight excluding hydrogens is 605 g/mol. The standard InChI is InChI=1S/C48H100Si/c1-5-9-13-17-20-23-26-29-32-35-38-42-46-49(45-41-16-12-8-4,47-43-39-36-33-30-27-24-21-18-14-10-6-2)48-44-40-37-34-31-28-25-22-19-15-11-7-3/h5-48H2,1-4H3. The maximum Gasteiger partial charge on any atom is 0.0535 e. The fourth-order valence-electron chi connectivity index (χ4n) is 8.70. The van der Waals surface area contributed by atoms with Crippen LogP contribution in [0.25, 0.3) is 0 Å². The first-order chi connectivity index (χ1) is 24.2. The molecule has 0 atom stereocenters. The first kappa shape index (κ1) is 49.2. The van der Waals surface area contributed by atoms with Crippen LogP contribution in [0, 0.1) is 0 Å². The van der Waals surface area contributed by atoms with Crippen LogP contribution in [0.4, 0.5) is 0 Å². The molecule has 49 heavy (non-hydrogen) atoms. The molecule has 0 unspecified atom stereocenters. The molecular formula is C48H100Si. The molecule has 296 valence electrons. The second kappa shape index (κ2) is 42.6. The molecule has 0 nitrogen and oxygen atoms in total. The predicted molar refractivity (Wildman–Crippen MR) is 232 cm³/mol. The highest BCUT2D eigenvalue weighted by Crippen LogP contribution is 2.35. The quantitative estimate of drug-likeness (QED) is 0.0437. The van der Waals surface area contributed by atoms with E-state index >= 15 is 0 Å². The van der Waals surface area contributed by atoms with Crippen molar-refractivity contribution in [3.63, 3.8) is 0 Å². The van der Waals surface area contributed by atoms with Crippen LogP contribution in [0.3, 0.4) is 0 Å². The molecule has 0 saturated heterocycles. The lowest BCUT2D eigenvalue weighted by molar-refractivity contribution is 0.543. The Bertz CT molecular complexity index is 500. The predicted octanol–water partition coefficient (Wildman–Crippen LogP) is 19.1. The minimum atomic E-state index is -1.14. The van der Waals surface area contributed by atoms with E-state index in [4.69, 9.17) is 0 Å². The van der Waals surface area contributed by atoms with Gasteiger partial charge in [0.15, 0.2) is 0 Å². The average molecular weight is 705 g/mol. The van der Waals surface area contributed by atoms with Crippen molar-refractivity contribution >= 4 is 8.07 Å². The maximum absolute atomic E-state index is 2.40. The monoisotopic (exact) mass is 705 g/mol. The van der Waals surface area contributed by atoms with Crippen LogP contribution in [0.1, 0.15) is 285 Å². The van der Waals surface area contributed by atoms with Gasteiger partial charge in [-0.05, 0) is 0 Å². The summed E-state index contributed by atoms with van der Waals surface area (Å²) in [4.78, 5) is 0. The molecule has 0 N–H and O–H groups in total. The first-order valence-corrected chi connectivity index (χ1v) is 27.1. The normalized spacial score (nSPS) is 12.0. The molecule has 0 heterocycles. The molecule has 1 heteroatoms. The molecule has 0 aliphatic carbocycles. The third kappa shape index (κ3) is 37.8. The second-order valence-electron chi connectivity index (χ2n) is 17.2. The summed E-state index contributed by atoms with van der Waals surface area (Å²) >= 11 is 0.